The van der Waals surface area contributed by atoms with Crippen LogP contribution in [0.15, 0.2) is 66.7 Å². The fourth-order valence-corrected chi connectivity index (χ4v) is 4.05. The van der Waals surface area contributed by atoms with Gasteiger partial charge in [0.15, 0.2) is 5.75 Å². The molecule has 1 heterocycles. The minimum Gasteiger partial charge on any atom is -0.496 e. The number of benzene rings is 3. The molecule has 0 aromatic heterocycles. The molecule has 35 heavy (non-hydrogen) atoms. The molecule has 1 atom stereocenters. The van der Waals surface area contributed by atoms with Crippen molar-refractivity contribution in [2.24, 2.45) is 0 Å². The summed E-state index contributed by atoms with van der Waals surface area (Å²) in [6.07, 6.45) is 1.40. The SMILES string of the molecule is COc1ccc([C@@H]2CCC(=O)OC2)cc1C.O=[N+]([O-])c1cc(CBr)ccc1OCc1ccccc1. The number of rotatable bonds is 7. The Bertz CT molecular complexity index is 1140. The van der Waals surface area contributed by atoms with E-state index in [9.17, 15) is 14.9 Å². The molecule has 0 amide bonds. The molecule has 1 saturated heterocycles. The summed E-state index contributed by atoms with van der Waals surface area (Å²) in [5.41, 5.74) is 4.16. The van der Waals surface area contributed by atoms with E-state index < -0.39 is 4.92 Å². The van der Waals surface area contributed by atoms with Crippen molar-refractivity contribution in [3.63, 3.8) is 0 Å². The maximum Gasteiger partial charge on any atom is 0.311 e. The van der Waals surface area contributed by atoms with Crippen molar-refractivity contribution in [2.45, 2.75) is 37.6 Å². The second kappa shape index (κ2) is 12.9. The van der Waals surface area contributed by atoms with Crippen LogP contribution in [0, 0.1) is 17.0 Å². The minimum atomic E-state index is -0.424. The maximum absolute atomic E-state index is 11.0. The van der Waals surface area contributed by atoms with Crippen LogP contribution in [0.25, 0.3) is 0 Å². The van der Waals surface area contributed by atoms with E-state index in [1.165, 1.54) is 11.6 Å². The summed E-state index contributed by atoms with van der Waals surface area (Å²) in [7, 11) is 1.67. The molecule has 0 unspecified atom stereocenters. The Morgan fingerprint density at radius 3 is 2.40 bits per heavy atom. The van der Waals surface area contributed by atoms with Gasteiger partial charge in [-0.25, -0.2) is 0 Å². The predicted molar refractivity (Wildman–Crippen MR) is 137 cm³/mol. The molecular formula is C27H28BrNO6. The number of hydrogen-bond donors (Lipinski definition) is 0. The molecule has 7 nitrogen and oxygen atoms in total. The van der Waals surface area contributed by atoms with Crippen LogP contribution in [-0.4, -0.2) is 24.6 Å². The molecule has 1 fully saturated rings. The number of aryl methyl sites for hydroxylation is 1. The number of alkyl halides is 1. The zero-order valence-electron chi connectivity index (χ0n) is 19.7. The molecule has 3 aromatic carbocycles. The molecule has 0 radical (unpaired) electrons. The Morgan fingerprint density at radius 2 is 1.80 bits per heavy atom. The highest BCUT2D eigenvalue weighted by Crippen LogP contribution is 2.30. The van der Waals surface area contributed by atoms with Gasteiger partial charge in [0.25, 0.3) is 0 Å². The lowest BCUT2D eigenvalue weighted by molar-refractivity contribution is -0.386. The van der Waals surface area contributed by atoms with Crippen molar-refractivity contribution in [1.29, 1.82) is 0 Å². The minimum absolute atomic E-state index is 0.00659. The van der Waals surface area contributed by atoms with Gasteiger partial charge in [0.2, 0.25) is 0 Å². The van der Waals surface area contributed by atoms with E-state index in [1.807, 2.05) is 49.4 Å². The van der Waals surface area contributed by atoms with Crippen LogP contribution >= 0.6 is 15.9 Å². The monoisotopic (exact) mass is 541 g/mol. The Labute approximate surface area is 213 Å². The molecule has 4 rings (SSSR count). The van der Waals surface area contributed by atoms with Crippen LogP contribution in [0.3, 0.4) is 0 Å². The van der Waals surface area contributed by atoms with Crippen molar-refractivity contribution in [3.05, 3.63) is 99.1 Å². The largest absolute Gasteiger partial charge is 0.496 e. The van der Waals surface area contributed by atoms with Crippen molar-refractivity contribution in [3.8, 4) is 11.5 Å². The van der Waals surface area contributed by atoms with Gasteiger partial charge in [0, 0.05) is 23.7 Å². The maximum atomic E-state index is 11.0. The molecule has 0 bridgehead atoms. The van der Waals surface area contributed by atoms with Crippen molar-refractivity contribution in [2.75, 3.05) is 13.7 Å². The number of nitrogens with zero attached hydrogens (tertiary/aromatic N) is 1. The first kappa shape index (κ1) is 26.2. The smallest absolute Gasteiger partial charge is 0.311 e. The molecule has 0 N–H and O–H groups in total. The molecule has 1 aliphatic rings. The number of nitro benzene ring substituents is 1. The normalized spacial score (nSPS) is 14.8. The molecule has 0 saturated carbocycles. The highest BCUT2D eigenvalue weighted by molar-refractivity contribution is 9.08. The van der Waals surface area contributed by atoms with E-state index in [4.69, 9.17) is 14.2 Å². The van der Waals surface area contributed by atoms with Gasteiger partial charge in [-0.3, -0.25) is 14.9 Å². The van der Waals surface area contributed by atoms with Gasteiger partial charge in [-0.2, -0.15) is 0 Å². The number of methoxy groups -OCH3 is 1. The van der Waals surface area contributed by atoms with E-state index in [0.717, 1.165) is 28.9 Å². The third kappa shape index (κ3) is 7.55. The summed E-state index contributed by atoms with van der Waals surface area (Å²) in [6, 6.07) is 20.7. The van der Waals surface area contributed by atoms with Crippen LogP contribution in [0.1, 0.15) is 41.0 Å². The lowest BCUT2D eigenvalue weighted by Crippen LogP contribution is -2.20. The summed E-state index contributed by atoms with van der Waals surface area (Å²) in [4.78, 5) is 21.6. The summed E-state index contributed by atoms with van der Waals surface area (Å²) in [5.74, 6) is 1.44. The second-order valence-corrected chi connectivity index (χ2v) is 8.68. The standard InChI is InChI=1S/C14H12BrNO3.C13H16O3/c15-9-12-6-7-14(13(8-12)16(17)18)19-10-11-4-2-1-3-5-11;1-9-7-10(3-5-12(9)15-2)11-4-6-13(14)16-8-11/h1-8H,9-10H2;3,5,7,11H,4,6,8H2,1-2H3/t;11-/m.1/s1. The van der Waals surface area contributed by atoms with E-state index >= 15 is 0 Å². The van der Waals surface area contributed by atoms with Crippen LogP contribution < -0.4 is 9.47 Å². The molecule has 1 aliphatic heterocycles. The zero-order valence-corrected chi connectivity index (χ0v) is 21.3. The predicted octanol–water partition coefficient (Wildman–Crippen LogP) is 6.49. The highest BCUT2D eigenvalue weighted by atomic mass is 79.9. The first-order chi connectivity index (χ1) is 16.9. The first-order valence-electron chi connectivity index (χ1n) is 11.2. The third-order valence-electron chi connectivity index (χ3n) is 5.64. The zero-order chi connectivity index (χ0) is 25.2. The molecule has 0 spiro atoms. The third-order valence-corrected chi connectivity index (χ3v) is 6.29. The van der Waals surface area contributed by atoms with Gasteiger partial charge in [-0.05, 0) is 47.7 Å². The second-order valence-electron chi connectivity index (χ2n) is 8.11. The number of hydrogen-bond acceptors (Lipinski definition) is 6. The van der Waals surface area contributed by atoms with Gasteiger partial charge in [-0.1, -0.05) is 64.5 Å². The number of nitro groups is 1. The quantitative estimate of drug-likeness (QED) is 0.147. The Kier molecular flexibility index (Phi) is 9.66. The lowest BCUT2D eigenvalue weighted by Gasteiger charge is -2.22. The molecule has 8 heteroatoms. The van der Waals surface area contributed by atoms with Crippen molar-refractivity contribution in [1.82, 2.24) is 0 Å². The lowest BCUT2D eigenvalue weighted by atomic mass is 9.92. The average Bonchev–Trinajstić information content (AvgIpc) is 2.88. The molecule has 3 aromatic rings. The van der Waals surface area contributed by atoms with Gasteiger partial charge in [-0.15, -0.1) is 0 Å². The topological polar surface area (TPSA) is 87.9 Å². The van der Waals surface area contributed by atoms with Gasteiger partial charge < -0.3 is 14.2 Å². The van der Waals surface area contributed by atoms with E-state index in [2.05, 4.69) is 28.1 Å². The van der Waals surface area contributed by atoms with Gasteiger partial charge >= 0.3 is 11.7 Å². The molecule has 0 aliphatic carbocycles. The van der Waals surface area contributed by atoms with Crippen LogP contribution in [0.4, 0.5) is 5.69 Å². The number of ether oxygens (including phenoxy) is 3. The Hall–Kier alpha value is -3.39. The fourth-order valence-electron chi connectivity index (χ4n) is 3.71. The van der Waals surface area contributed by atoms with Crippen LogP contribution in [0.2, 0.25) is 0 Å². The summed E-state index contributed by atoms with van der Waals surface area (Å²) >= 11 is 3.28. The number of halogens is 1. The van der Waals surface area contributed by atoms with Crippen LogP contribution in [-0.2, 0) is 21.5 Å². The molecular weight excluding hydrogens is 514 g/mol. The van der Waals surface area contributed by atoms with E-state index in [0.29, 0.717) is 36.6 Å². The van der Waals surface area contributed by atoms with Crippen molar-refractivity contribution < 1.29 is 23.9 Å². The summed E-state index contributed by atoms with van der Waals surface area (Å²) in [5, 5.41) is 11.6. The average molecular weight is 542 g/mol. The first-order valence-corrected chi connectivity index (χ1v) is 12.3. The molecule has 184 valence electrons. The number of carbonyl (C=O) groups excluding carboxylic acids is 1. The number of esters is 1. The summed E-state index contributed by atoms with van der Waals surface area (Å²) in [6.45, 7) is 2.84. The highest BCUT2D eigenvalue weighted by Gasteiger charge is 2.21. The fraction of sp³-hybridized carbons (Fsp3) is 0.296. The summed E-state index contributed by atoms with van der Waals surface area (Å²) < 4.78 is 15.8. The Morgan fingerprint density at radius 1 is 1.06 bits per heavy atom. The van der Waals surface area contributed by atoms with Gasteiger partial charge in [0.05, 0.1) is 18.6 Å². The number of carbonyl (C=O) groups is 1. The van der Waals surface area contributed by atoms with Crippen molar-refractivity contribution >= 4 is 27.6 Å². The Balaban J connectivity index is 0.000000198. The van der Waals surface area contributed by atoms with Crippen LogP contribution in [0.5, 0.6) is 11.5 Å². The van der Waals surface area contributed by atoms with E-state index in [-0.39, 0.29) is 11.7 Å². The van der Waals surface area contributed by atoms with Gasteiger partial charge in [0.1, 0.15) is 12.4 Å². The van der Waals surface area contributed by atoms with E-state index in [1.54, 1.807) is 13.2 Å². The number of cyclic esters (lactones) is 1.